The van der Waals surface area contributed by atoms with Gasteiger partial charge in [0.15, 0.2) is 0 Å². The van der Waals surface area contributed by atoms with Crippen molar-refractivity contribution in [3.63, 3.8) is 0 Å². The Morgan fingerprint density at radius 1 is 1.07 bits per heavy atom. The molecule has 2 heterocycles. The number of hydrogen-bond donors (Lipinski definition) is 0. The molecule has 0 aromatic heterocycles. The second kappa shape index (κ2) is 7.60. The monoisotopic (exact) mass is 424 g/mol. The van der Waals surface area contributed by atoms with E-state index in [2.05, 4.69) is 0 Å². The van der Waals surface area contributed by atoms with E-state index >= 15 is 0 Å². The fourth-order valence-electron chi connectivity index (χ4n) is 3.61. The van der Waals surface area contributed by atoms with Crippen LogP contribution in [0.4, 0.5) is 13.2 Å². The molecule has 1 atom stereocenters. The molecule has 1 amide bonds. The fraction of sp³-hybridized carbons (Fsp3) is 0.588. The summed E-state index contributed by atoms with van der Waals surface area (Å²) in [5, 5.41) is -0.565. The Labute approximate surface area is 161 Å². The number of alkyl halides is 3. The van der Waals surface area contributed by atoms with Crippen molar-refractivity contribution in [3.05, 3.63) is 28.8 Å². The SMILES string of the molecule is O=C(C1CCCCN1S(=O)(=O)c1ccc(Cl)c(C(F)(F)F)c1)N1CCCC1. The van der Waals surface area contributed by atoms with Crippen LogP contribution in [0.15, 0.2) is 23.1 Å². The van der Waals surface area contributed by atoms with Gasteiger partial charge in [0.05, 0.1) is 15.5 Å². The summed E-state index contributed by atoms with van der Waals surface area (Å²) in [6.07, 6.45) is -1.40. The van der Waals surface area contributed by atoms with E-state index in [0.717, 1.165) is 29.3 Å². The minimum absolute atomic E-state index is 0.108. The summed E-state index contributed by atoms with van der Waals surface area (Å²) in [4.78, 5) is 13.9. The Balaban J connectivity index is 1.95. The number of hydrogen-bond acceptors (Lipinski definition) is 3. The molecule has 0 aliphatic carbocycles. The summed E-state index contributed by atoms with van der Waals surface area (Å²) in [5.41, 5.74) is -1.20. The topological polar surface area (TPSA) is 57.7 Å². The van der Waals surface area contributed by atoms with E-state index in [1.807, 2.05) is 0 Å². The second-order valence-corrected chi connectivity index (χ2v) is 9.10. The summed E-state index contributed by atoms with van der Waals surface area (Å²) in [6.45, 7) is 1.28. The first-order chi connectivity index (χ1) is 12.6. The van der Waals surface area contributed by atoms with Gasteiger partial charge in [-0.25, -0.2) is 8.42 Å². The lowest BCUT2D eigenvalue weighted by molar-refractivity contribution is -0.138. The normalized spacial score (nSPS) is 22.2. The van der Waals surface area contributed by atoms with Gasteiger partial charge in [0.1, 0.15) is 6.04 Å². The molecule has 0 spiro atoms. The first-order valence-corrected chi connectivity index (χ1v) is 10.6. The quantitative estimate of drug-likeness (QED) is 0.746. The zero-order valence-corrected chi connectivity index (χ0v) is 16.1. The molecule has 0 radical (unpaired) electrons. The van der Waals surface area contributed by atoms with Crippen LogP contribution in [0.2, 0.25) is 5.02 Å². The predicted molar refractivity (Wildman–Crippen MR) is 93.8 cm³/mol. The van der Waals surface area contributed by atoms with Gasteiger partial charge >= 0.3 is 6.18 Å². The van der Waals surface area contributed by atoms with Crippen molar-refractivity contribution >= 4 is 27.5 Å². The fourth-order valence-corrected chi connectivity index (χ4v) is 5.51. The van der Waals surface area contributed by atoms with Crippen LogP contribution in [-0.2, 0) is 21.0 Å². The Morgan fingerprint density at radius 2 is 1.70 bits per heavy atom. The number of amides is 1. The van der Waals surface area contributed by atoms with Gasteiger partial charge in [0, 0.05) is 19.6 Å². The van der Waals surface area contributed by atoms with Gasteiger partial charge < -0.3 is 4.90 Å². The number of carbonyl (C=O) groups is 1. The average Bonchev–Trinajstić information content (AvgIpc) is 3.15. The largest absolute Gasteiger partial charge is 0.417 e. The van der Waals surface area contributed by atoms with E-state index in [0.29, 0.717) is 38.4 Å². The van der Waals surface area contributed by atoms with Crippen LogP contribution < -0.4 is 0 Å². The molecule has 5 nitrogen and oxygen atoms in total. The Morgan fingerprint density at radius 3 is 2.33 bits per heavy atom. The highest BCUT2D eigenvalue weighted by molar-refractivity contribution is 7.89. The summed E-state index contributed by atoms with van der Waals surface area (Å²) in [6, 6.07) is 1.66. The third kappa shape index (κ3) is 4.09. The van der Waals surface area contributed by atoms with E-state index in [9.17, 15) is 26.4 Å². The molecule has 0 saturated carbocycles. The molecular formula is C17H20ClF3N2O3S. The Hall–Kier alpha value is -1.32. The summed E-state index contributed by atoms with van der Waals surface area (Å²) >= 11 is 5.59. The van der Waals surface area contributed by atoms with E-state index in [1.165, 1.54) is 0 Å². The zero-order chi connectivity index (χ0) is 19.8. The number of sulfonamides is 1. The maximum Gasteiger partial charge on any atom is 0.417 e. The van der Waals surface area contributed by atoms with Gasteiger partial charge in [-0.3, -0.25) is 4.79 Å². The van der Waals surface area contributed by atoms with Crippen LogP contribution in [0.5, 0.6) is 0 Å². The average molecular weight is 425 g/mol. The van der Waals surface area contributed by atoms with Gasteiger partial charge in [-0.15, -0.1) is 0 Å². The molecule has 0 N–H and O–H groups in total. The lowest BCUT2D eigenvalue weighted by Gasteiger charge is -2.35. The van der Waals surface area contributed by atoms with Crippen molar-refractivity contribution in [2.45, 2.75) is 49.2 Å². The molecule has 1 aromatic rings. The van der Waals surface area contributed by atoms with Crippen LogP contribution in [0.3, 0.4) is 0 Å². The van der Waals surface area contributed by atoms with Crippen molar-refractivity contribution in [1.82, 2.24) is 9.21 Å². The highest BCUT2D eigenvalue weighted by Gasteiger charge is 2.41. The van der Waals surface area contributed by atoms with Crippen LogP contribution >= 0.6 is 11.6 Å². The number of piperidine rings is 1. The first kappa shape index (κ1) is 20.4. The minimum Gasteiger partial charge on any atom is -0.341 e. The lowest BCUT2D eigenvalue weighted by atomic mass is 10.0. The van der Waals surface area contributed by atoms with Gasteiger partial charge in [-0.05, 0) is 43.9 Å². The van der Waals surface area contributed by atoms with Gasteiger partial charge in [-0.1, -0.05) is 18.0 Å². The van der Waals surface area contributed by atoms with Gasteiger partial charge in [-0.2, -0.15) is 17.5 Å². The number of carbonyl (C=O) groups excluding carboxylic acids is 1. The first-order valence-electron chi connectivity index (χ1n) is 8.80. The molecule has 150 valence electrons. The number of benzene rings is 1. The summed E-state index contributed by atoms with van der Waals surface area (Å²) < 4.78 is 66.5. The van der Waals surface area contributed by atoms with Gasteiger partial charge in [0.25, 0.3) is 0 Å². The van der Waals surface area contributed by atoms with Crippen LogP contribution in [-0.4, -0.2) is 49.2 Å². The van der Waals surface area contributed by atoms with Crippen LogP contribution in [0.1, 0.15) is 37.7 Å². The Kier molecular flexibility index (Phi) is 5.74. The second-order valence-electron chi connectivity index (χ2n) is 6.80. The molecule has 2 saturated heterocycles. The molecular weight excluding hydrogens is 405 g/mol. The molecule has 0 bridgehead atoms. The summed E-state index contributed by atoms with van der Waals surface area (Å²) in [7, 11) is -4.26. The smallest absolute Gasteiger partial charge is 0.341 e. The lowest BCUT2D eigenvalue weighted by Crippen LogP contribution is -2.52. The van der Waals surface area contributed by atoms with E-state index in [1.54, 1.807) is 4.90 Å². The molecule has 2 aliphatic heterocycles. The molecule has 10 heteroatoms. The van der Waals surface area contributed by atoms with E-state index < -0.39 is 37.7 Å². The highest BCUT2D eigenvalue weighted by Crippen LogP contribution is 2.37. The van der Waals surface area contributed by atoms with E-state index in [-0.39, 0.29) is 12.5 Å². The van der Waals surface area contributed by atoms with Gasteiger partial charge in [0.2, 0.25) is 15.9 Å². The predicted octanol–water partition coefficient (Wildman–Crippen LogP) is 3.52. The van der Waals surface area contributed by atoms with Crippen molar-refractivity contribution in [3.8, 4) is 0 Å². The molecule has 3 rings (SSSR count). The number of likely N-dealkylation sites (tertiary alicyclic amines) is 1. The minimum atomic E-state index is -4.77. The molecule has 1 aromatic carbocycles. The molecule has 2 fully saturated rings. The molecule has 1 unspecified atom stereocenters. The van der Waals surface area contributed by atoms with Crippen molar-refractivity contribution in [2.75, 3.05) is 19.6 Å². The van der Waals surface area contributed by atoms with Crippen molar-refractivity contribution in [1.29, 1.82) is 0 Å². The number of halogens is 4. The molecule has 27 heavy (non-hydrogen) atoms. The Bertz CT molecular complexity index is 823. The zero-order valence-electron chi connectivity index (χ0n) is 14.5. The number of rotatable bonds is 3. The maximum atomic E-state index is 13.1. The van der Waals surface area contributed by atoms with Crippen LogP contribution in [0, 0.1) is 0 Å². The number of nitrogens with zero attached hydrogens (tertiary/aromatic N) is 2. The standard InChI is InChI=1S/C17H20ClF3N2O3S/c18-14-7-6-12(11-13(14)17(19,20)21)27(25,26)23-10-2-1-5-15(23)16(24)22-8-3-4-9-22/h6-7,11,15H,1-5,8-10H2. The maximum absolute atomic E-state index is 13.1. The third-order valence-electron chi connectivity index (χ3n) is 5.01. The van der Waals surface area contributed by atoms with E-state index in [4.69, 9.17) is 11.6 Å². The molecule has 2 aliphatic rings. The third-order valence-corrected chi connectivity index (χ3v) is 7.24. The van der Waals surface area contributed by atoms with Crippen LogP contribution in [0.25, 0.3) is 0 Å². The summed E-state index contributed by atoms with van der Waals surface area (Å²) in [5.74, 6) is -0.263. The van der Waals surface area contributed by atoms with Crippen molar-refractivity contribution < 1.29 is 26.4 Å². The highest BCUT2D eigenvalue weighted by atomic mass is 35.5. The van der Waals surface area contributed by atoms with Crippen molar-refractivity contribution in [2.24, 2.45) is 0 Å².